The van der Waals surface area contributed by atoms with Crippen LogP contribution in [0.5, 0.6) is 11.5 Å². The molecular formula is C24H29N3O4S. The van der Waals surface area contributed by atoms with Crippen molar-refractivity contribution in [2.75, 3.05) is 41.4 Å². The molecule has 3 heterocycles. The van der Waals surface area contributed by atoms with Crippen LogP contribution < -0.4 is 9.47 Å². The molecule has 2 aliphatic heterocycles. The highest BCUT2D eigenvalue weighted by molar-refractivity contribution is 7.11. The van der Waals surface area contributed by atoms with Crippen LogP contribution >= 0.6 is 11.3 Å². The first-order valence-electron chi connectivity index (χ1n) is 10.7. The Morgan fingerprint density at radius 3 is 2.41 bits per heavy atom. The normalized spacial score (nSPS) is 17.9. The third-order valence-corrected chi connectivity index (χ3v) is 7.18. The van der Waals surface area contributed by atoms with Gasteiger partial charge in [-0.15, -0.1) is 11.3 Å². The van der Waals surface area contributed by atoms with Gasteiger partial charge < -0.3 is 19.3 Å². The quantitative estimate of drug-likeness (QED) is 0.598. The fourth-order valence-electron chi connectivity index (χ4n) is 4.40. The van der Waals surface area contributed by atoms with E-state index in [-0.39, 0.29) is 24.4 Å². The molecule has 7 nitrogen and oxygen atoms in total. The van der Waals surface area contributed by atoms with Crippen LogP contribution in [0.1, 0.15) is 23.3 Å². The van der Waals surface area contributed by atoms with E-state index in [1.54, 1.807) is 20.3 Å². The maximum Gasteiger partial charge on any atom is 0.278 e. The Morgan fingerprint density at radius 1 is 1.06 bits per heavy atom. The molecule has 0 N–H and O–H groups in total. The molecule has 1 aromatic heterocycles. The fraction of sp³-hybridized carbons (Fsp3) is 0.417. The first-order chi connectivity index (χ1) is 15.4. The topological polar surface area (TPSA) is 62.3 Å². The van der Waals surface area contributed by atoms with E-state index in [1.165, 1.54) is 16.2 Å². The highest BCUT2D eigenvalue weighted by Gasteiger charge is 2.42. The molecule has 0 atom stereocenters. The van der Waals surface area contributed by atoms with Gasteiger partial charge in [0, 0.05) is 18.0 Å². The largest absolute Gasteiger partial charge is 0.493 e. The molecule has 0 aliphatic carbocycles. The van der Waals surface area contributed by atoms with Gasteiger partial charge in [-0.25, -0.2) is 0 Å². The number of carbonyl (C=O) groups excluding carboxylic acids is 2. The van der Waals surface area contributed by atoms with Crippen LogP contribution in [-0.2, 0) is 16.1 Å². The number of ether oxygens (including phenoxy) is 2. The van der Waals surface area contributed by atoms with Crippen molar-refractivity contribution in [2.45, 2.75) is 25.4 Å². The number of amides is 2. The Kier molecular flexibility index (Phi) is 6.53. The molecule has 2 aliphatic rings. The van der Waals surface area contributed by atoms with E-state index >= 15 is 0 Å². The van der Waals surface area contributed by atoms with Gasteiger partial charge in [0.1, 0.15) is 5.70 Å². The van der Waals surface area contributed by atoms with Gasteiger partial charge in [-0.05, 0) is 62.1 Å². The van der Waals surface area contributed by atoms with Crippen LogP contribution in [0.2, 0.25) is 0 Å². The van der Waals surface area contributed by atoms with Crippen molar-refractivity contribution in [1.82, 2.24) is 14.7 Å². The lowest BCUT2D eigenvalue weighted by atomic mass is 10.0. The molecule has 2 amide bonds. The number of benzene rings is 1. The molecule has 0 spiro atoms. The van der Waals surface area contributed by atoms with Gasteiger partial charge in [0.05, 0.1) is 26.3 Å². The summed E-state index contributed by atoms with van der Waals surface area (Å²) in [6.45, 7) is 2.14. The SMILES string of the molecule is COc1ccc(CN2C(=O)C(c3cccs3)=C(N(C)C3CCN(C)CC3)C2=O)cc1OC. The van der Waals surface area contributed by atoms with E-state index in [0.717, 1.165) is 36.4 Å². The summed E-state index contributed by atoms with van der Waals surface area (Å²) < 4.78 is 10.7. The van der Waals surface area contributed by atoms with E-state index in [4.69, 9.17) is 9.47 Å². The summed E-state index contributed by atoms with van der Waals surface area (Å²) >= 11 is 1.48. The molecule has 1 aromatic carbocycles. The molecule has 0 saturated carbocycles. The number of likely N-dealkylation sites (tertiary alicyclic amines) is 1. The number of thiophene rings is 1. The number of hydrogen-bond acceptors (Lipinski definition) is 7. The summed E-state index contributed by atoms with van der Waals surface area (Å²) in [6, 6.07) is 9.50. The smallest absolute Gasteiger partial charge is 0.278 e. The van der Waals surface area contributed by atoms with E-state index in [2.05, 4.69) is 11.9 Å². The number of rotatable bonds is 7. The fourth-order valence-corrected chi connectivity index (χ4v) is 5.17. The van der Waals surface area contributed by atoms with Crippen LogP contribution in [0.25, 0.3) is 5.57 Å². The average Bonchev–Trinajstić information content (AvgIpc) is 3.41. The second kappa shape index (κ2) is 9.34. The van der Waals surface area contributed by atoms with Crippen molar-refractivity contribution in [2.24, 2.45) is 0 Å². The molecule has 170 valence electrons. The maximum atomic E-state index is 13.6. The molecule has 32 heavy (non-hydrogen) atoms. The Hall–Kier alpha value is -2.84. The number of piperidine rings is 1. The highest BCUT2D eigenvalue weighted by Crippen LogP contribution is 2.37. The second-order valence-corrected chi connectivity index (χ2v) is 9.18. The number of carbonyl (C=O) groups is 2. The van der Waals surface area contributed by atoms with Gasteiger partial charge in [-0.3, -0.25) is 14.5 Å². The van der Waals surface area contributed by atoms with E-state index in [1.807, 2.05) is 41.6 Å². The summed E-state index contributed by atoms with van der Waals surface area (Å²) in [5, 5.41) is 1.93. The van der Waals surface area contributed by atoms with Gasteiger partial charge in [0.2, 0.25) is 0 Å². The van der Waals surface area contributed by atoms with Crippen LogP contribution in [0.15, 0.2) is 41.4 Å². The molecule has 4 rings (SSSR count). The minimum Gasteiger partial charge on any atom is -0.493 e. The van der Waals surface area contributed by atoms with E-state index in [0.29, 0.717) is 22.8 Å². The summed E-state index contributed by atoms with van der Waals surface area (Å²) in [5.41, 5.74) is 1.82. The Bertz CT molecular complexity index is 1030. The van der Waals surface area contributed by atoms with E-state index in [9.17, 15) is 9.59 Å². The van der Waals surface area contributed by atoms with Crippen molar-refractivity contribution >= 4 is 28.7 Å². The molecular weight excluding hydrogens is 426 g/mol. The lowest BCUT2D eigenvalue weighted by molar-refractivity contribution is -0.138. The minimum atomic E-state index is -0.248. The third-order valence-electron chi connectivity index (χ3n) is 6.29. The Balaban J connectivity index is 1.65. The van der Waals surface area contributed by atoms with Crippen molar-refractivity contribution < 1.29 is 19.1 Å². The van der Waals surface area contributed by atoms with Gasteiger partial charge in [-0.2, -0.15) is 0 Å². The van der Waals surface area contributed by atoms with Crippen molar-refractivity contribution in [3.8, 4) is 11.5 Å². The third kappa shape index (κ3) is 4.12. The first-order valence-corrected chi connectivity index (χ1v) is 11.6. The summed E-state index contributed by atoms with van der Waals surface area (Å²) in [4.78, 5) is 33.6. The molecule has 0 bridgehead atoms. The predicted molar refractivity (Wildman–Crippen MR) is 125 cm³/mol. The van der Waals surface area contributed by atoms with Gasteiger partial charge in [-0.1, -0.05) is 12.1 Å². The Morgan fingerprint density at radius 2 is 1.78 bits per heavy atom. The number of methoxy groups -OCH3 is 2. The van der Waals surface area contributed by atoms with Crippen LogP contribution in [0.4, 0.5) is 0 Å². The molecule has 2 aromatic rings. The second-order valence-electron chi connectivity index (χ2n) is 8.23. The van der Waals surface area contributed by atoms with Crippen molar-refractivity contribution in [1.29, 1.82) is 0 Å². The predicted octanol–water partition coefficient (Wildman–Crippen LogP) is 3.07. The number of hydrogen-bond donors (Lipinski definition) is 0. The maximum absolute atomic E-state index is 13.6. The number of likely N-dealkylation sites (N-methyl/N-ethyl adjacent to an activating group) is 1. The standard InChI is InChI=1S/C24H29N3O4S/c1-25-11-9-17(10-12-25)26(2)22-21(20-6-5-13-32-20)23(28)27(24(22)29)15-16-7-8-18(30-3)19(14-16)31-4/h5-8,13-14,17H,9-12,15H2,1-4H3. The van der Waals surface area contributed by atoms with Crippen LogP contribution in [0.3, 0.4) is 0 Å². The lowest BCUT2D eigenvalue weighted by Gasteiger charge is -2.36. The molecule has 0 radical (unpaired) electrons. The summed E-state index contributed by atoms with van der Waals surface area (Å²) in [7, 11) is 7.21. The number of nitrogens with zero attached hydrogens (tertiary/aromatic N) is 3. The average molecular weight is 456 g/mol. The zero-order valence-corrected chi connectivity index (χ0v) is 19.8. The zero-order chi connectivity index (χ0) is 22.8. The molecule has 1 saturated heterocycles. The lowest BCUT2D eigenvalue weighted by Crippen LogP contribution is -2.43. The summed E-state index contributed by atoms with van der Waals surface area (Å²) in [5.74, 6) is 0.686. The van der Waals surface area contributed by atoms with Crippen LogP contribution in [-0.4, -0.2) is 74.0 Å². The Labute approximate surface area is 192 Å². The highest BCUT2D eigenvalue weighted by atomic mass is 32.1. The molecule has 8 heteroatoms. The van der Waals surface area contributed by atoms with Crippen molar-refractivity contribution in [3.05, 3.63) is 51.8 Å². The van der Waals surface area contributed by atoms with Crippen molar-refractivity contribution in [3.63, 3.8) is 0 Å². The molecule has 0 unspecified atom stereocenters. The van der Waals surface area contributed by atoms with Gasteiger partial charge in [0.15, 0.2) is 11.5 Å². The zero-order valence-electron chi connectivity index (χ0n) is 19.0. The number of imide groups is 1. The minimum absolute atomic E-state index is 0.178. The van der Waals surface area contributed by atoms with Crippen LogP contribution in [0, 0.1) is 0 Å². The first kappa shape index (κ1) is 22.4. The molecule has 1 fully saturated rings. The van der Waals surface area contributed by atoms with Gasteiger partial charge >= 0.3 is 0 Å². The van der Waals surface area contributed by atoms with E-state index < -0.39 is 0 Å². The van der Waals surface area contributed by atoms with Gasteiger partial charge in [0.25, 0.3) is 11.8 Å². The monoisotopic (exact) mass is 455 g/mol. The summed E-state index contributed by atoms with van der Waals surface area (Å²) in [6.07, 6.45) is 1.93.